The lowest BCUT2D eigenvalue weighted by molar-refractivity contribution is -0.384. The number of carbonyl (C=O) groups excluding carboxylic acids is 1. The highest BCUT2D eigenvalue weighted by Crippen LogP contribution is 2.13. The third kappa shape index (κ3) is 16.1. The molecule has 0 aromatic heterocycles. The van der Waals surface area contributed by atoms with E-state index >= 15 is 0 Å². The van der Waals surface area contributed by atoms with E-state index in [1.807, 2.05) is 0 Å². The summed E-state index contributed by atoms with van der Waals surface area (Å²) in [6.07, 6.45) is 21.5. The lowest BCUT2D eigenvalue weighted by Gasteiger charge is -2.08. The van der Waals surface area contributed by atoms with Crippen molar-refractivity contribution in [1.29, 1.82) is 0 Å². The summed E-state index contributed by atoms with van der Waals surface area (Å²) in [6.45, 7) is 3.02. The second-order valence-electron chi connectivity index (χ2n) is 8.52. The standard InChI is InChI=1S/C26H41N3O3S/c1-2-3-4-5-6-7-8-9-10-11-12-13-14-15-22-27-26(33)28-25(30)21-18-23-16-19-24(20-17-23)29(31)32/h16-21H,2-15,22H2,1H3,(H2,27,28,30,33)/b21-18+. The maximum absolute atomic E-state index is 11.9. The number of nitro groups is 1. The number of hydrogen-bond acceptors (Lipinski definition) is 4. The molecule has 0 saturated carbocycles. The molecule has 7 heteroatoms. The van der Waals surface area contributed by atoms with Crippen LogP contribution in [0.4, 0.5) is 5.69 Å². The Balaban J connectivity index is 1.96. The fraction of sp³-hybridized carbons (Fsp3) is 0.615. The van der Waals surface area contributed by atoms with Crippen LogP contribution in [0, 0.1) is 10.1 Å². The van der Waals surface area contributed by atoms with Gasteiger partial charge in [0.1, 0.15) is 0 Å². The number of nitrogens with zero attached hydrogens (tertiary/aromatic N) is 1. The fourth-order valence-electron chi connectivity index (χ4n) is 3.60. The van der Waals surface area contributed by atoms with Gasteiger partial charge >= 0.3 is 0 Å². The lowest BCUT2D eigenvalue weighted by atomic mass is 10.0. The van der Waals surface area contributed by atoms with Crippen molar-refractivity contribution < 1.29 is 9.72 Å². The highest BCUT2D eigenvalue weighted by molar-refractivity contribution is 7.80. The topological polar surface area (TPSA) is 84.3 Å². The Hall–Kier alpha value is -2.28. The summed E-state index contributed by atoms with van der Waals surface area (Å²) in [6, 6.07) is 5.99. The third-order valence-corrected chi connectivity index (χ3v) is 5.83. The van der Waals surface area contributed by atoms with Crippen molar-refractivity contribution in [1.82, 2.24) is 10.6 Å². The molecule has 0 aliphatic heterocycles. The van der Waals surface area contributed by atoms with Crippen molar-refractivity contribution in [2.24, 2.45) is 0 Å². The van der Waals surface area contributed by atoms with Gasteiger partial charge in [-0.2, -0.15) is 0 Å². The maximum Gasteiger partial charge on any atom is 0.269 e. The molecule has 0 spiro atoms. The number of carbonyl (C=O) groups is 1. The minimum Gasteiger partial charge on any atom is -0.362 e. The zero-order chi connectivity index (χ0) is 24.2. The Bertz CT molecular complexity index is 720. The zero-order valence-corrected chi connectivity index (χ0v) is 21.0. The number of rotatable bonds is 18. The Labute approximate surface area is 204 Å². The van der Waals surface area contributed by atoms with E-state index in [2.05, 4.69) is 17.6 Å². The van der Waals surface area contributed by atoms with E-state index in [4.69, 9.17) is 12.2 Å². The van der Waals surface area contributed by atoms with Crippen molar-refractivity contribution in [3.05, 3.63) is 46.0 Å². The van der Waals surface area contributed by atoms with Gasteiger partial charge in [-0.1, -0.05) is 90.4 Å². The van der Waals surface area contributed by atoms with Crippen molar-refractivity contribution in [2.45, 2.75) is 96.8 Å². The van der Waals surface area contributed by atoms with Gasteiger partial charge in [0.2, 0.25) is 5.91 Å². The van der Waals surface area contributed by atoms with Crippen molar-refractivity contribution in [2.75, 3.05) is 6.54 Å². The van der Waals surface area contributed by atoms with Crippen LogP contribution in [0.2, 0.25) is 0 Å². The van der Waals surface area contributed by atoms with E-state index in [9.17, 15) is 14.9 Å². The summed E-state index contributed by atoms with van der Waals surface area (Å²) >= 11 is 5.15. The number of non-ortho nitro benzene ring substituents is 1. The summed E-state index contributed by atoms with van der Waals surface area (Å²) < 4.78 is 0. The summed E-state index contributed by atoms with van der Waals surface area (Å²) in [4.78, 5) is 22.1. The summed E-state index contributed by atoms with van der Waals surface area (Å²) in [7, 11) is 0. The van der Waals surface area contributed by atoms with Gasteiger partial charge in [-0.25, -0.2) is 0 Å². The molecule has 0 aliphatic rings. The first-order valence-electron chi connectivity index (χ1n) is 12.5. The first kappa shape index (κ1) is 28.8. The molecular weight excluding hydrogens is 434 g/mol. The molecule has 0 bridgehead atoms. The number of thiocarbonyl (C=S) groups is 1. The largest absolute Gasteiger partial charge is 0.362 e. The number of nitrogens with one attached hydrogen (secondary N) is 2. The van der Waals surface area contributed by atoms with Crippen LogP contribution in [0.25, 0.3) is 6.08 Å². The number of amides is 1. The van der Waals surface area contributed by atoms with Gasteiger partial charge in [0.25, 0.3) is 5.69 Å². The van der Waals surface area contributed by atoms with Crippen molar-refractivity contribution >= 4 is 35.0 Å². The molecule has 1 rings (SSSR count). The van der Waals surface area contributed by atoms with Crippen LogP contribution in [-0.4, -0.2) is 22.5 Å². The minimum atomic E-state index is -0.456. The predicted octanol–water partition coefficient (Wildman–Crippen LogP) is 7.08. The van der Waals surface area contributed by atoms with Crippen LogP contribution in [-0.2, 0) is 4.79 Å². The normalized spacial score (nSPS) is 10.9. The summed E-state index contributed by atoms with van der Waals surface area (Å²) in [5, 5.41) is 16.7. The van der Waals surface area contributed by atoms with Gasteiger partial charge in [0.15, 0.2) is 5.11 Å². The van der Waals surface area contributed by atoms with Gasteiger partial charge < -0.3 is 5.32 Å². The first-order valence-corrected chi connectivity index (χ1v) is 12.9. The van der Waals surface area contributed by atoms with Gasteiger partial charge in [-0.15, -0.1) is 0 Å². The van der Waals surface area contributed by atoms with E-state index in [0.717, 1.165) is 13.0 Å². The number of hydrogen-bond donors (Lipinski definition) is 2. The SMILES string of the molecule is CCCCCCCCCCCCCCCCNC(=S)NC(=O)/C=C/c1ccc([N+](=O)[O-])cc1. The van der Waals surface area contributed by atoms with Gasteiger partial charge in [-0.3, -0.25) is 20.2 Å². The Kier molecular flexibility index (Phi) is 16.7. The average molecular weight is 476 g/mol. The van der Waals surface area contributed by atoms with E-state index in [1.165, 1.54) is 102 Å². The van der Waals surface area contributed by atoms with Crippen LogP contribution < -0.4 is 10.6 Å². The fourth-order valence-corrected chi connectivity index (χ4v) is 3.80. The molecule has 0 heterocycles. The molecule has 6 nitrogen and oxygen atoms in total. The Morgan fingerprint density at radius 2 is 1.36 bits per heavy atom. The highest BCUT2D eigenvalue weighted by Gasteiger charge is 2.03. The molecule has 33 heavy (non-hydrogen) atoms. The minimum absolute atomic E-state index is 0.0190. The Morgan fingerprint density at radius 1 is 0.879 bits per heavy atom. The van der Waals surface area contributed by atoms with E-state index in [0.29, 0.717) is 10.7 Å². The van der Waals surface area contributed by atoms with E-state index < -0.39 is 4.92 Å². The van der Waals surface area contributed by atoms with E-state index in [1.54, 1.807) is 18.2 Å². The number of unbranched alkanes of at least 4 members (excludes halogenated alkanes) is 13. The van der Waals surface area contributed by atoms with Crippen molar-refractivity contribution in [3.8, 4) is 0 Å². The van der Waals surface area contributed by atoms with Crippen LogP contribution in [0.15, 0.2) is 30.3 Å². The molecule has 0 radical (unpaired) electrons. The molecule has 0 saturated heterocycles. The first-order chi connectivity index (χ1) is 16.0. The van der Waals surface area contributed by atoms with Crippen LogP contribution in [0.3, 0.4) is 0 Å². The van der Waals surface area contributed by atoms with Gasteiger partial charge in [0.05, 0.1) is 4.92 Å². The monoisotopic (exact) mass is 475 g/mol. The molecule has 0 atom stereocenters. The van der Waals surface area contributed by atoms with Crippen LogP contribution >= 0.6 is 12.2 Å². The molecule has 1 aromatic carbocycles. The molecule has 184 valence electrons. The molecule has 1 amide bonds. The molecule has 0 unspecified atom stereocenters. The van der Waals surface area contributed by atoms with Gasteiger partial charge in [-0.05, 0) is 42.4 Å². The van der Waals surface area contributed by atoms with Crippen LogP contribution in [0.1, 0.15) is 102 Å². The van der Waals surface area contributed by atoms with Crippen molar-refractivity contribution in [3.63, 3.8) is 0 Å². The molecule has 0 fully saturated rings. The summed E-state index contributed by atoms with van der Waals surface area (Å²) in [5.41, 5.74) is 0.725. The smallest absolute Gasteiger partial charge is 0.269 e. The Morgan fingerprint density at radius 3 is 1.85 bits per heavy atom. The second-order valence-corrected chi connectivity index (χ2v) is 8.93. The maximum atomic E-state index is 11.9. The molecule has 0 aliphatic carbocycles. The second kappa shape index (κ2) is 19.2. The third-order valence-electron chi connectivity index (χ3n) is 5.58. The molecular formula is C26H41N3O3S. The molecule has 2 N–H and O–H groups in total. The quantitative estimate of drug-likeness (QED) is 0.0779. The van der Waals surface area contributed by atoms with E-state index in [-0.39, 0.29) is 11.6 Å². The number of benzene rings is 1. The lowest BCUT2D eigenvalue weighted by Crippen LogP contribution is -2.38. The zero-order valence-electron chi connectivity index (χ0n) is 20.2. The summed E-state index contributed by atoms with van der Waals surface area (Å²) in [5.74, 6) is -0.327. The number of nitro benzene ring substituents is 1. The molecule has 1 aromatic rings. The predicted molar refractivity (Wildman–Crippen MR) is 141 cm³/mol. The van der Waals surface area contributed by atoms with Gasteiger partial charge in [0, 0.05) is 24.8 Å². The average Bonchev–Trinajstić information content (AvgIpc) is 2.80. The van der Waals surface area contributed by atoms with Crippen LogP contribution in [0.5, 0.6) is 0 Å². The highest BCUT2D eigenvalue weighted by atomic mass is 32.1.